The van der Waals surface area contributed by atoms with E-state index in [0.29, 0.717) is 17.8 Å². The third kappa shape index (κ3) is 5.21. The molecule has 0 spiro atoms. The van der Waals surface area contributed by atoms with Crippen molar-refractivity contribution in [2.75, 3.05) is 11.9 Å². The first kappa shape index (κ1) is 24.5. The topological polar surface area (TPSA) is 134 Å². The maximum atomic E-state index is 12.5. The monoisotopic (exact) mass is 500 g/mol. The number of carbonyl (C=O) groups is 3. The Morgan fingerprint density at radius 1 is 1.03 bits per heavy atom. The Balaban J connectivity index is 1.15. The van der Waals surface area contributed by atoms with E-state index in [0.717, 1.165) is 27.8 Å². The molecule has 1 aliphatic heterocycles. The molecule has 0 aromatic heterocycles. The zero-order valence-electron chi connectivity index (χ0n) is 19.8. The summed E-state index contributed by atoms with van der Waals surface area (Å²) in [5.74, 6) is -1.84. The highest BCUT2D eigenvalue weighted by molar-refractivity contribution is 6.61. The van der Waals surface area contributed by atoms with Crippen LogP contribution >= 0.6 is 0 Å². The predicted octanol–water partition coefficient (Wildman–Crippen LogP) is 2.61. The fraction of sp³-hybridized carbons (Fsp3) is 0.222. The molecule has 1 heterocycles. The number of fused-ring (bicyclic) bond motifs is 4. The van der Waals surface area contributed by atoms with Gasteiger partial charge in [0.25, 0.3) is 0 Å². The molecule has 188 valence electrons. The Hall–Kier alpha value is -4.15. The van der Waals surface area contributed by atoms with E-state index in [4.69, 9.17) is 9.39 Å². The number of rotatable bonds is 8. The number of benzene rings is 3. The van der Waals surface area contributed by atoms with E-state index in [1.165, 1.54) is 0 Å². The molecule has 2 amide bonds. The predicted molar refractivity (Wildman–Crippen MR) is 136 cm³/mol. The molecule has 0 fully saturated rings. The molecule has 3 aromatic carbocycles. The standard InChI is InChI=1S/C27H25BN2O7/c31-25(29-17-10-9-16-14-37-28(35)23(16)13-17)12-11-24(26(32)33)30-27(34)36-15-22-20-7-3-1-5-18(20)19-6-2-4-8-21(19)22/h1-10,13,22,24,35H,11-12,14-15H2,(H,29,31)(H,30,34)(H,32,33)/t24-/m0/s1. The maximum absolute atomic E-state index is 12.5. The minimum absolute atomic E-state index is 0.0561. The van der Waals surface area contributed by atoms with Crippen molar-refractivity contribution in [1.29, 1.82) is 0 Å². The third-order valence-corrected chi connectivity index (χ3v) is 6.69. The molecular weight excluding hydrogens is 475 g/mol. The molecule has 0 radical (unpaired) electrons. The normalized spacial score (nSPS) is 14.4. The summed E-state index contributed by atoms with van der Waals surface area (Å²) in [5, 5.41) is 24.4. The largest absolute Gasteiger partial charge is 0.491 e. The molecule has 0 saturated carbocycles. The van der Waals surface area contributed by atoms with Crippen LogP contribution in [0.3, 0.4) is 0 Å². The molecule has 1 aliphatic carbocycles. The van der Waals surface area contributed by atoms with Gasteiger partial charge in [0.15, 0.2) is 0 Å². The van der Waals surface area contributed by atoms with Gasteiger partial charge < -0.3 is 30.2 Å². The van der Waals surface area contributed by atoms with Gasteiger partial charge in [0, 0.05) is 18.0 Å². The Labute approximate surface area is 213 Å². The number of nitrogens with one attached hydrogen (secondary N) is 2. The number of aliphatic carboxylic acids is 1. The highest BCUT2D eigenvalue weighted by Gasteiger charge is 2.30. The van der Waals surface area contributed by atoms with Gasteiger partial charge in [-0.25, -0.2) is 9.59 Å². The number of ether oxygens (including phenoxy) is 1. The Morgan fingerprint density at radius 2 is 1.70 bits per heavy atom. The average molecular weight is 500 g/mol. The number of anilines is 1. The van der Waals surface area contributed by atoms with Crippen LogP contribution in [0.15, 0.2) is 66.7 Å². The first-order valence-corrected chi connectivity index (χ1v) is 12.0. The van der Waals surface area contributed by atoms with Crippen LogP contribution in [0.2, 0.25) is 0 Å². The summed E-state index contributed by atoms with van der Waals surface area (Å²) < 4.78 is 10.6. The summed E-state index contributed by atoms with van der Waals surface area (Å²) in [5.41, 5.74) is 6.16. The lowest BCUT2D eigenvalue weighted by Gasteiger charge is -2.17. The highest BCUT2D eigenvalue weighted by Crippen LogP contribution is 2.44. The maximum Gasteiger partial charge on any atom is 0.491 e. The van der Waals surface area contributed by atoms with Gasteiger partial charge in [0.05, 0.1) is 6.61 Å². The average Bonchev–Trinajstić information content (AvgIpc) is 3.42. The molecule has 0 saturated heterocycles. The molecule has 4 N–H and O–H groups in total. The van der Waals surface area contributed by atoms with Crippen LogP contribution < -0.4 is 16.1 Å². The minimum atomic E-state index is -1.29. The first-order chi connectivity index (χ1) is 17.9. The van der Waals surface area contributed by atoms with Gasteiger partial charge in [0.2, 0.25) is 5.91 Å². The van der Waals surface area contributed by atoms with E-state index in [1.807, 2.05) is 48.5 Å². The summed E-state index contributed by atoms with van der Waals surface area (Å²) in [6.07, 6.45) is -1.12. The molecule has 10 heteroatoms. The summed E-state index contributed by atoms with van der Waals surface area (Å²) in [4.78, 5) is 36.6. The number of alkyl carbamates (subject to hydrolysis) is 1. The van der Waals surface area contributed by atoms with Crippen LogP contribution in [-0.4, -0.2) is 47.9 Å². The SMILES string of the molecule is O=C(CC[C@H](NC(=O)OCC1c2ccccc2-c2ccccc21)C(=O)O)Nc1ccc2c(c1)B(O)OC2. The second-order valence-corrected chi connectivity index (χ2v) is 9.02. The van der Waals surface area contributed by atoms with E-state index in [9.17, 15) is 24.5 Å². The fourth-order valence-electron chi connectivity index (χ4n) is 4.83. The van der Waals surface area contributed by atoms with Gasteiger partial charge in [-0.15, -0.1) is 0 Å². The zero-order valence-corrected chi connectivity index (χ0v) is 19.8. The highest BCUT2D eigenvalue weighted by atomic mass is 16.5. The van der Waals surface area contributed by atoms with Crippen molar-refractivity contribution in [3.8, 4) is 11.1 Å². The molecule has 5 rings (SSSR count). The number of hydrogen-bond acceptors (Lipinski definition) is 6. The number of carbonyl (C=O) groups excluding carboxylic acids is 2. The summed E-state index contributed by atoms with van der Waals surface area (Å²) in [6, 6.07) is 19.6. The summed E-state index contributed by atoms with van der Waals surface area (Å²) in [7, 11) is -1.04. The molecule has 1 atom stereocenters. The molecule has 9 nitrogen and oxygen atoms in total. The lowest BCUT2D eigenvalue weighted by Crippen LogP contribution is -2.42. The van der Waals surface area contributed by atoms with E-state index in [2.05, 4.69) is 10.6 Å². The molecule has 0 unspecified atom stereocenters. The lowest BCUT2D eigenvalue weighted by atomic mass is 9.79. The zero-order chi connectivity index (χ0) is 25.9. The van der Waals surface area contributed by atoms with Crippen LogP contribution in [0.5, 0.6) is 0 Å². The van der Waals surface area contributed by atoms with Gasteiger partial charge in [0.1, 0.15) is 12.6 Å². The van der Waals surface area contributed by atoms with Crippen LogP contribution in [0, 0.1) is 0 Å². The van der Waals surface area contributed by atoms with Gasteiger partial charge in [-0.2, -0.15) is 0 Å². The second-order valence-electron chi connectivity index (χ2n) is 9.02. The van der Waals surface area contributed by atoms with Crippen molar-refractivity contribution in [3.05, 3.63) is 83.4 Å². The van der Waals surface area contributed by atoms with Crippen LogP contribution in [0.25, 0.3) is 11.1 Å². The van der Waals surface area contributed by atoms with Gasteiger partial charge in [-0.05, 0) is 51.8 Å². The fourth-order valence-corrected chi connectivity index (χ4v) is 4.83. The first-order valence-electron chi connectivity index (χ1n) is 12.0. The molecule has 2 aliphatic rings. The van der Waals surface area contributed by atoms with E-state index in [1.54, 1.807) is 18.2 Å². The molecular formula is C27H25BN2O7. The summed E-state index contributed by atoms with van der Waals surface area (Å²) in [6.45, 7) is 0.354. The van der Waals surface area contributed by atoms with E-state index < -0.39 is 31.1 Å². The second kappa shape index (κ2) is 10.5. The smallest absolute Gasteiger partial charge is 0.480 e. The van der Waals surface area contributed by atoms with E-state index in [-0.39, 0.29) is 25.4 Å². The van der Waals surface area contributed by atoms with Crippen molar-refractivity contribution in [1.82, 2.24) is 5.32 Å². The molecule has 0 bridgehead atoms. The van der Waals surface area contributed by atoms with E-state index >= 15 is 0 Å². The van der Waals surface area contributed by atoms with Crippen molar-refractivity contribution >= 4 is 36.2 Å². The number of amides is 2. The quantitative estimate of drug-likeness (QED) is 0.350. The van der Waals surface area contributed by atoms with Crippen molar-refractivity contribution in [2.24, 2.45) is 0 Å². The lowest BCUT2D eigenvalue weighted by molar-refractivity contribution is -0.139. The van der Waals surface area contributed by atoms with Crippen molar-refractivity contribution < 1.29 is 33.9 Å². The van der Waals surface area contributed by atoms with Crippen LogP contribution in [-0.2, 0) is 25.6 Å². The van der Waals surface area contributed by atoms with Crippen LogP contribution in [0.4, 0.5) is 10.5 Å². The number of carboxylic acids is 1. The Kier molecular flexibility index (Phi) is 6.94. The molecule has 3 aromatic rings. The summed E-state index contributed by atoms with van der Waals surface area (Å²) >= 11 is 0. The third-order valence-electron chi connectivity index (χ3n) is 6.69. The Bertz CT molecular complexity index is 1320. The van der Waals surface area contributed by atoms with Gasteiger partial charge in [-0.3, -0.25) is 4.79 Å². The number of carboxylic acid groups (broad SMARTS) is 1. The van der Waals surface area contributed by atoms with Crippen molar-refractivity contribution in [2.45, 2.75) is 31.4 Å². The van der Waals surface area contributed by atoms with Crippen molar-refractivity contribution in [3.63, 3.8) is 0 Å². The van der Waals surface area contributed by atoms with Gasteiger partial charge in [-0.1, -0.05) is 54.6 Å². The number of hydrogen-bond donors (Lipinski definition) is 4. The van der Waals surface area contributed by atoms with Crippen LogP contribution in [0.1, 0.15) is 35.4 Å². The minimum Gasteiger partial charge on any atom is -0.480 e. The molecule has 37 heavy (non-hydrogen) atoms. The Morgan fingerprint density at radius 3 is 2.38 bits per heavy atom. The van der Waals surface area contributed by atoms with Gasteiger partial charge >= 0.3 is 19.2 Å².